The first-order valence-electron chi connectivity index (χ1n) is 8.56. The van der Waals surface area contributed by atoms with Crippen molar-refractivity contribution in [2.45, 2.75) is 19.6 Å². The number of benzene rings is 1. The minimum atomic E-state index is -0.775. The third kappa shape index (κ3) is 3.69. The molecule has 0 bridgehead atoms. The molecule has 9 nitrogen and oxygen atoms in total. The van der Waals surface area contributed by atoms with Crippen molar-refractivity contribution in [2.24, 2.45) is 0 Å². The van der Waals surface area contributed by atoms with Gasteiger partial charge < -0.3 is 19.3 Å². The molecule has 3 heterocycles. The summed E-state index contributed by atoms with van der Waals surface area (Å²) in [5, 5.41) is 16.5. The molecule has 2 N–H and O–H groups in total. The van der Waals surface area contributed by atoms with Crippen molar-refractivity contribution in [3.8, 4) is 11.3 Å². The molecule has 4 rings (SSSR count). The van der Waals surface area contributed by atoms with Crippen LogP contribution in [0.5, 0.6) is 0 Å². The molecule has 0 saturated heterocycles. The minimum absolute atomic E-state index is 0.178. The van der Waals surface area contributed by atoms with Crippen LogP contribution in [0, 0.1) is 0 Å². The number of anilines is 1. The number of amides is 1. The van der Waals surface area contributed by atoms with Crippen LogP contribution in [0.25, 0.3) is 11.3 Å². The van der Waals surface area contributed by atoms with Gasteiger partial charge in [0.2, 0.25) is 5.89 Å². The normalized spacial score (nSPS) is 12.1. The molecule has 0 radical (unpaired) electrons. The number of aliphatic hydroxyl groups is 1. The van der Waals surface area contributed by atoms with Gasteiger partial charge in [0, 0.05) is 17.8 Å². The van der Waals surface area contributed by atoms with Crippen molar-refractivity contribution in [1.29, 1.82) is 0 Å². The van der Waals surface area contributed by atoms with Crippen LogP contribution < -0.4 is 5.32 Å². The number of nitrogens with one attached hydrogen (secondary N) is 1. The molecule has 1 aromatic carbocycles. The number of aliphatic hydroxyl groups excluding tert-OH is 1. The third-order valence-electron chi connectivity index (χ3n) is 3.95. The summed E-state index contributed by atoms with van der Waals surface area (Å²) in [7, 11) is 0. The van der Waals surface area contributed by atoms with Gasteiger partial charge in [0.05, 0.1) is 6.20 Å². The van der Waals surface area contributed by atoms with E-state index in [0.29, 0.717) is 23.9 Å². The standard InChI is InChI=1S/C19H17N5O4/c1-12(25)19-20-9-14(28-19)10-24-8-7-15(23-24)22-18(26)16-17(27-11-21-16)13-5-3-2-4-6-13/h2-9,11-12,25H,10H2,1H3,(H,22,23,26). The Balaban J connectivity index is 1.46. The summed E-state index contributed by atoms with van der Waals surface area (Å²) in [5.41, 5.74) is 0.937. The topological polar surface area (TPSA) is 119 Å². The number of aromatic nitrogens is 4. The SMILES string of the molecule is CC(O)c1ncc(Cn2ccc(NC(=O)c3ncoc3-c3ccccc3)n2)o1. The van der Waals surface area contributed by atoms with Gasteiger partial charge in [-0.1, -0.05) is 30.3 Å². The lowest BCUT2D eigenvalue weighted by molar-refractivity contribution is 0.102. The molecule has 0 saturated carbocycles. The molecule has 1 amide bonds. The molecule has 28 heavy (non-hydrogen) atoms. The second-order valence-electron chi connectivity index (χ2n) is 6.09. The van der Waals surface area contributed by atoms with Gasteiger partial charge in [0.25, 0.3) is 5.91 Å². The van der Waals surface area contributed by atoms with E-state index in [0.717, 1.165) is 5.56 Å². The molecule has 3 aromatic heterocycles. The maximum Gasteiger partial charge on any atom is 0.279 e. The monoisotopic (exact) mass is 379 g/mol. The van der Waals surface area contributed by atoms with Crippen LogP contribution in [0.2, 0.25) is 0 Å². The quantitative estimate of drug-likeness (QED) is 0.528. The first-order valence-corrected chi connectivity index (χ1v) is 8.56. The van der Waals surface area contributed by atoms with Crippen LogP contribution in [0.4, 0.5) is 5.82 Å². The maximum atomic E-state index is 12.6. The molecule has 0 aliphatic heterocycles. The van der Waals surface area contributed by atoms with Gasteiger partial charge >= 0.3 is 0 Å². The zero-order valence-electron chi connectivity index (χ0n) is 14.9. The lowest BCUT2D eigenvalue weighted by Crippen LogP contribution is -2.14. The Morgan fingerprint density at radius 3 is 2.82 bits per heavy atom. The van der Waals surface area contributed by atoms with E-state index >= 15 is 0 Å². The first-order chi connectivity index (χ1) is 13.6. The molecule has 0 fully saturated rings. The number of hydrogen-bond donors (Lipinski definition) is 2. The van der Waals surface area contributed by atoms with Gasteiger partial charge in [0.15, 0.2) is 23.7 Å². The predicted molar refractivity (Wildman–Crippen MR) is 98.4 cm³/mol. The fourth-order valence-electron chi connectivity index (χ4n) is 2.64. The van der Waals surface area contributed by atoms with Gasteiger partial charge in [-0.25, -0.2) is 9.97 Å². The van der Waals surface area contributed by atoms with Gasteiger partial charge in [-0.15, -0.1) is 0 Å². The van der Waals surface area contributed by atoms with Gasteiger partial charge in [0.1, 0.15) is 18.4 Å². The van der Waals surface area contributed by atoms with Crippen LogP contribution in [0.15, 0.2) is 64.0 Å². The highest BCUT2D eigenvalue weighted by Crippen LogP contribution is 2.23. The second-order valence-corrected chi connectivity index (χ2v) is 6.09. The van der Waals surface area contributed by atoms with Crippen molar-refractivity contribution < 1.29 is 18.7 Å². The van der Waals surface area contributed by atoms with E-state index in [2.05, 4.69) is 20.4 Å². The van der Waals surface area contributed by atoms with Crippen LogP contribution in [-0.4, -0.2) is 30.8 Å². The fourth-order valence-corrected chi connectivity index (χ4v) is 2.64. The zero-order valence-corrected chi connectivity index (χ0v) is 14.9. The van der Waals surface area contributed by atoms with Crippen LogP contribution in [0.1, 0.15) is 35.2 Å². The second kappa shape index (κ2) is 7.49. The Hall–Kier alpha value is -3.72. The molecule has 0 aliphatic rings. The van der Waals surface area contributed by atoms with Crippen molar-refractivity contribution in [1.82, 2.24) is 19.7 Å². The minimum Gasteiger partial charge on any atom is -0.443 e. The first kappa shape index (κ1) is 17.7. The Morgan fingerprint density at radius 1 is 1.25 bits per heavy atom. The van der Waals surface area contributed by atoms with E-state index in [-0.39, 0.29) is 11.6 Å². The number of oxazole rings is 2. The third-order valence-corrected chi connectivity index (χ3v) is 3.95. The highest BCUT2D eigenvalue weighted by atomic mass is 16.4. The smallest absolute Gasteiger partial charge is 0.279 e. The molecule has 1 unspecified atom stereocenters. The van der Waals surface area contributed by atoms with Crippen LogP contribution >= 0.6 is 0 Å². The summed E-state index contributed by atoms with van der Waals surface area (Å²) < 4.78 is 12.4. The average molecular weight is 379 g/mol. The van der Waals surface area contributed by atoms with Crippen molar-refractivity contribution >= 4 is 11.7 Å². The van der Waals surface area contributed by atoms with E-state index in [1.807, 2.05) is 30.3 Å². The number of rotatable bonds is 6. The lowest BCUT2D eigenvalue weighted by Gasteiger charge is -2.02. The highest BCUT2D eigenvalue weighted by molar-refractivity contribution is 6.05. The predicted octanol–water partition coefficient (Wildman–Crippen LogP) is 2.88. The summed E-state index contributed by atoms with van der Waals surface area (Å²) in [4.78, 5) is 20.6. The van der Waals surface area contributed by atoms with E-state index in [9.17, 15) is 9.90 Å². The number of hydrogen-bond acceptors (Lipinski definition) is 7. The number of nitrogens with zero attached hydrogens (tertiary/aromatic N) is 4. The maximum absolute atomic E-state index is 12.6. The van der Waals surface area contributed by atoms with Gasteiger partial charge in [-0.05, 0) is 6.92 Å². The average Bonchev–Trinajstić information content (AvgIpc) is 3.43. The molecule has 0 aliphatic carbocycles. The van der Waals surface area contributed by atoms with Crippen molar-refractivity contribution in [2.75, 3.05) is 5.32 Å². The van der Waals surface area contributed by atoms with E-state index in [1.54, 1.807) is 23.9 Å². The lowest BCUT2D eigenvalue weighted by atomic mass is 10.1. The Kier molecular flexibility index (Phi) is 4.73. The molecule has 4 aromatic rings. The fraction of sp³-hybridized carbons (Fsp3) is 0.158. The van der Waals surface area contributed by atoms with Gasteiger partial charge in [-0.2, -0.15) is 5.10 Å². The Labute approximate surface area is 159 Å². The molecule has 1 atom stereocenters. The summed E-state index contributed by atoms with van der Waals surface area (Å²) in [6, 6.07) is 10.9. The summed E-state index contributed by atoms with van der Waals surface area (Å²) in [6.45, 7) is 1.89. The largest absolute Gasteiger partial charge is 0.443 e. The number of carbonyl (C=O) groups excluding carboxylic acids is 1. The summed E-state index contributed by atoms with van der Waals surface area (Å²) in [6.07, 6.45) is 3.69. The molecule has 142 valence electrons. The van der Waals surface area contributed by atoms with Gasteiger partial charge in [-0.3, -0.25) is 9.48 Å². The Morgan fingerprint density at radius 2 is 2.07 bits per heavy atom. The summed E-state index contributed by atoms with van der Waals surface area (Å²) in [5.74, 6) is 1.12. The van der Waals surface area contributed by atoms with Crippen molar-refractivity contribution in [3.63, 3.8) is 0 Å². The Bertz CT molecular complexity index is 1080. The number of carbonyl (C=O) groups is 1. The molecule has 0 spiro atoms. The van der Waals surface area contributed by atoms with Crippen molar-refractivity contribution in [3.05, 3.63) is 72.5 Å². The summed E-state index contributed by atoms with van der Waals surface area (Å²) >= 11 is 0. The van der Waals surface area contributed by atoms with E-state index in [4.69, 9.17) is 8.83 Å². The molecular weight excluding hydrogens is 362 g/mol. The molecular formula is C19H17N5O4. The molecule has 9 heteroatoms. The van der Waals surface area contributed by atoms with E-state index in [1.165, 1.54) is 12.6 Å². The zero-order chi connectivity index (χ0) is 19.5. The van der Waals surface area contributed by atoms with Crippen LogP contribution in [0.3, 0.4) is 0 Å². The highest BCUT2D eigenvalue weighted by Gasteiger charge is 2.19. The van der Waals surface area contributed by atoms with Crippen LogP contribution in [-0.2, 0) is 6.54 Å². The van der Waals surface area contributed by atoms with E-state index < -0.39 is 12.0 Å².